The highest BCUT2D eigenvalue weighted by molar-refractivity contribution is 6.76. The van der Waals surface area contributed by atoms with Crippen LogP contribution >= 0.6 is 23.2 Å². The van der Waals surface area contributed by atoms with Crippen molar-refractivity contribution in [2.45, 2.75) is 6.92 Å². The maximum absolute atomic E-state index is 12.3. The van der Waals surface area contributed by atoms with Crippen LogP contribution in [0.5, 0.6) is 0 Å². The van der Waals surface area contributed by atoms with Crippen LogP contribution in [0.15, 0.2) is 53.0 Å². The lowest BCUT2D eigenvalue weighted by Crippen LogP contribution is -2.18. The molecular formula is C16H14Cl2N4O. The molecule has 0 aliphatic heterocycles. The van der Waals surface area contributed by atoms with Crippen LogP contribution in [0.2, 0.25) is 5.02 Å². The number of aryl methyl sites for hydroxylation is 1. The van der Waals surface area contributed by atoms with Gasteiger partial charge >= 0.3 is 0 Å². The molecule has 0 aliphatic rings. The molecule has 0 amide bonds. The van der Waals surface area contributed by atoms with E-state index in [4.69, 9.17) is 28.9 Å². The highest BCUT2D eigenvalue weighted by atomic mass is 35.5. The molecule has 0 unspecified atom stereocenters. The fourth-order valence-electron chi connectivity index (χ4n) is 2.09. The zero-order chi connectivity index (χ0) is 17.0. The fraction of sp³-hybridized carbons (Fsp3) is 0.0625. The summed E-state index contributed by atoms with van der Waals surface area (Å²) in [6.45, 7) is 5.65. The number of nitrogens with two attached hydrogens (primary N) is 1. The third kappa shape index (κ3) is 3.70. The second kappa shape index (κ2) is 7.26. The van der Waals surface area contributed by atoms with E-state index in [0.29, 0.717) is 21.8 Å². The van der Waals surface area contributed by atoms with Crippen molar-refractivity contribution in [3.8, 4) is 11.1 Å². The number of nitrogens with zero attached hydrogens (tertiary/aromatic N) is 2. The number of benzene rings is 1. The van der Waals surface area contributed by atoms with Crippen LogP contribution in [-0.2, 0) is 0 Å². The van der Waals surface area contributed by atoms with Crippen molar-refractivity contribution >= 4 is 33.9 Å². The molecule has 0 fully saturated rings. The largest absolute Gasteiger partial charge is 0.403 e. The van der Waals surface area contributed by atoms with Crippen LogP contribution in [0, 0.1) is 6.92 Å². The number of aliphatic imine (C=N–C) groups is 1. The van der Waals surface area contributed by atoms with Gasteiger partial charge in [0.25, 0.3) is 5.56 Å². The average Bonchev–Trinajstić information content (AvgIpc) is 2.54. The van der Waals surface area contributed by atoms with E-state index in [1.807, 2.05) is 0 Å². The normalized spacial score (nSPS) is 11.9. The second-order valence-electron chi connectivity index (χ2n) is 4.64. The van der Waals surface area contributed by atoms with Crippen LogP contribution in [0.25, 0.3) is 16.7 Å². The molecule has 2 aromatic rings. The number of aromatic nitrogens is 2. The molecule has 118 valence electrons. The maximum Gasteiger partial charge on any atom is 0.272 e. The molecule has 7 heteroatoms. The molecule has 0 spiro atoms. The Morgan fingerprint density at radius 3 is 2.65 bits per heavy atom. The Labute approximate surface area is 143 Å². The molecule has 1 aromatic heterocycles. The molecule has 5 nitrogen and oxygen atoms in total. The summed E-state index contributed by atoms with van der Waals surface area (Å²) in [5, 5.41) is 7.11. The smallest absolute Gasteiger partial charge is 0.272 e. The van der Waals surface area contributed by atoms with Gasteiger partial charge in [-0.05, 0) is 24.6 Å². The summed E-state index contributed by atoms with van der Waals surface area (Å²) in [5.74, 6) is 0. The summed E-state index contributed by atoms with van der Waals surface area (Å²) >= 11 is 12.0. The first-order valence-electron chi connectivity index (χ1n) is 6.60. The first kappa shape index (κ1) is 17.0. The van der Waals surface area contributed by atoms with E-state index in [-0.39, 0.29) is 10.7 Å². The number of allylic oxidation sites excluding steroid dienone is 1. The Morgan fingerprint density at radius 2 is 2.04 bits per heavy atom. The van der Waals surface area contributed by atoms with Gasteiger partial charge < -0.3 is 5.73 Å². The van der Waals surface area contributed by atoms with Gasteiger partial charge in [-0.25, -0.2) is 10.1 Å². The molecule has 0 saturated heterocycles. The van der Waals surface area contributed by atoms with Gasteiger partial charge in [0.05, 0.1) is 11.3 Å². The summed E-state index contributed by atoms with van der Waals surface area (Å²) in [5.41, 5.74) is 7.45. The third-order valence-electron chi connectivity index (χ3n) is 3.12. The predicted octanol–water partition coefficient (Wildman–Crippen LogP) is 3.48. The number of rotatable bonds is 4. The van der Waals surface area contributed by atoms with Crippen LogP contribution in [0.3, 0.4) is 0 Å². The van der Waals surface area contributed by atoms with Crippen LogP contribution in [0.1, 0.15) is 11.3 Å². The van der Waals surface area contributed by atoms with Crippen LogP contribution in [-0.4, -0.2) is 15.4 Å². The van der Waals surface area contributed by atoms with Crippen molar-refractivity contribution in [1.82, 2.24) is 10.2 Å². The lowest BCUT2D eigenvalue weighted by molar-refractivity contribution is 0.944. The summed E-state index contributed by atoms with van der Waals surface area (Å²) in [6.07, 6.45) is 2.55. The Morgan fingerprint density at radius 1 is 1.39 bits per heavy atom. The van der Waals surface area contributed by atoms with Gasteiger partial charge in [0.15, 0.2) is 0 Å². The molecule has 0 aliphatic carbocycles. The molecule has 2 rings (SSSR count). The SMILES string of the molecule is C=C(C(Cl)=N/C=C\N)c1c(-c2ccc(Cl)cc2)c(C)n[nH]c1=O. The molecule has 0 bridgehead atoms. The Hall–Kier alpha value is -2.37. The van der Waals surface area contributed by atoms with Crippen molar-refractivity contribution in [1.29, 1.82) is 0 Å². The lowest BCUT2D eigenvalue weighted by atomic mass is 9.96. The van der Waals surface area contributed by atoms with E-state index in [9.17, 15) is 4.79 Å². The molecule has 23 heavy (non-hydrogen) atoms. The van der Waals surface area contributed by atoms with E-state index >= 15 is 0 Å². The Bertz CT molecular complexity index is 851. The minimum absolute atomic E-state index is 0.0676. The summed E-state index contributed by atoms with van der Waals surface area (Å²) in [4.78, 5) is 16.2. The highest BCUT2D eigenvalue weighted by Crippen LogP contribution is 2.30. The van der Waals surface area contributed by atoms with Gasteiger partial charge in [-0.2, -0.15) is 5.10 Å². The van der Waals surface area contributed by atoms with E-state index in [1.165, 1.54) is 12.4 Å². The lowest BCUT2D eigenvalue weighted by Gasteiger charge is -2.12. The number of nitrogens with one attached hydrogen (secondary N) is 1. The topological polar surface area (TPSA) is 84.1 Å². The fourth-order valence-corrected chi connectivity index (χ4v) is 2.36. The van der Waals surface area contributed by atoms with Gasteiger partial charge in [-0.1, -0.05) is 41.9 Å². The summed E-state index contributed by atoms with van der Waals surface area (Å²) < 4.78 is 0. The monoisotopic (exact) mass is 348 g/mol. The van der Waals surface area contributed by atoms with Gasteiger partial charge in [0, 0.05) is 28.6 Å². The summed E-state index contributed by atoms with van der Waals surface area (Å²) in [7, 11) is 0. The number of hydrogen-bond acceptors (Lipinski definition) is 4. The number of aromatic amines is 1. The van der Waals surface area contributed by atoms with Crippen molar-refractivity contribution in [3.63, 3.8) is 0 Å². The predicted molar refractivity (Wildman–Crippen MR) is 95.7 cm³/mol. The average molecular weight is 349 g/mol. The molecule has 1 heterocycles. The second-order valence-corrected chi connectivity index (χ2v) is 5.43. The van der Waals surface area contributed by atoms with Crippen LogP contribution < -0.4 is 11.3 Å². The first-order chi connectivity index (χ1) is 11.0. The molecule has 3 N–H and O–H groups in total. The first-order valence-corrected chi connectivity index (χ1v) is 7.36. The molecular weight excluding hydrogens is 335 g/mol. The molecule has 1 aromatic carbocycles. The van der Waals surface area contributed by atoms with Crippen LogP contribution in [0.4, 0.5) is 0 Å². The molecule has 0 atom stereocenters. The van der Waals surface area contributed by atoms with Gasteiger partial charge in [0.2, 0.25) is 0 Å². The zero-order valence-corrected chi connectivity index (χ0v) is 13.8. The highest BCUT2D eigenvalue weighted by Gasteiger charge is 2.18. The quantitative estimate of drug-likeness (QED) is 0.829. The van der Waals surface area contributed by atoms with E-state index in [2.05, 4.69) is 21.8 Å². The van der Waals surface area contributed by atoms with Crippen molar-refractivity contribution in [3.05, 3.63) is 69.9 Å². The maximum atomic E-state index is 12.3. The van der Waals surface area contributed by atoms with Crippen molar-refractivity contribution in [2.24, 2.45) is 10.7 Å². The number of H-pyrrole nitrogens is 1. The van der Waals surface area contributed by atoms with Gasteiger partial charge in [-0.15, -0.1) is 0 Å². The standard InChI is InChI=1S/C16H14Cl2N4O/c1-9(15(18)20-8-7-19)13-14(10(2)21-22-16(13)23)11-3-5-12(17)6-4-11/h3-8H,1,19H2,2H3,(H,22,23)/b8-7-,20-15?. The van der Waals surface area contributed by atoms with Crippen molar-refractivity contribution in [2.75, 3.05) is 0 Å². The van der Waals surface area contributed by atoms with E-state index in [0.717, 1.165) is 5.56 Å². The third-order valence-corrected chi connectivity index (χ3v) is 3.70. The van der Waals surface area contributed by atoms with Crippen molar-refractivity contribution < 1.29 is 0 Å². The Kier molecular flexibility index (Phi) is 5.36. The number of hydrogen-bond donors (Lipinski definition) is 2. The van der Waals surface area contributed by atoms with Gasteiger partial charge in [-0.3, -0.25) is 4.79 Å². The Balaban J connectivity index is 2.69. The zero-order valence-electron chi connectivity index (χ0n) is 12.3. The summed E-state index contributed by atoms with van der Waals surface area (Å²) in [6, 6.07) is 7.06. The minimum atomic E-state index is -0.407. The van der Waals surface area contributed by atoms with Gasteiger partial charge in [0.1, 0.15) is 5.17 Å². The molecule has 0 saturated carbocycles. The molecule has 0 radical (unpaired) electrons. The minimum Gasteiger partial charge on any atom is -0.403 e. The number of halogens is 2. The van der Waals surface area contributed by atoms with E-state index < -0.39 is 5.56 Å². The van der Waals surface area contributed by atoms with E-state index in [1.54, 1.807) is 31.2 Å².